The molecule has 0 saturated heterocycles. The topological polar surface area (TPSA) is 215 Å². The molecule has 0 saturated carbocycles. The molecule has 0 aliphatic carbocycles. The van der Waals surface area contributed by atoms with Crippen LogP contribution in [0.5, 0.6) is 0 Å². The number of hydrogen-bond acceptors (Lipinski definition) is 8. The number of aliphatic imine (C=N–C) groups is 1. The van der Waals surface area contributed by atoms with E-state index in [1.165, 1.54) is 30.6 Å². The van der Waals surface area contributed by atoms with Crippen molar-refractivity contribution in [2.45, 2.75) is 70.5 Å². The van der Waals surface area contributed by atoms with Crippen LogP contribution in [0.2, 0.25) is 5.15 Å². The summed E-state index contributed by atoms with van der Waals surface area (Å²) in [6, 6.07) is 0. The van der Waals surface area contributed by atoms with Crippen molar-refractivity contribution >= 4 is 35.1 Å². The number of anilines is 2. The van der Waals surface area contributed by atoms with E-state index in [9.17, 15) is 4.79 Å². The van der Waals surface area contributed by atoms with Crippen LogP contribution in [0.25, 0.3) is 0 Å². The number of hydrogen-bond donors (Lipinski definition) is 6. The summed E-state index contributed by atoms with van der Waals surface area (Å²) in [5, 5.41) is -0.0862. The second-order valence-electron chi connectivity index (χ2n) is 7.46. The largest absolute Gasteiger partial charge is 0.382 e. The maximum atomic E-state index is 12.7. The molecule has 11 nitrogen and oxygen atoms in total. The van der Waals surface area contributed by atoms with Gasteiger partial charge in [0.2, 0.25) is 0 Å². The van der Waals surface area contributed by atoms with Gasteiger partial charge in [0.25, 0.3) is 5.91 Å². The summed E-state index contributed by atoms with van der Waals surface area (Å²) in [4.78, 5) is 25.7. The van der Waals surface area contributed by atoms with Gasteiger partial charge in [0.15, 0.2) is 28.4 Å². The van der Waals surface area contributed by atoms with Crippen LogP contribution in [0.4, 0.5) is 11.6 Å². The van der Waals surface area contributed by atoms with Crippen molar-refractivity contribution in [3.63, 3.8) is 0 Å². The Bertz CT molecular complexity index is 709. The lowest BCUT2D eigenvalue weighted by Crippen LogP contribution is -2.52. The predicted octanol–water partition coefficient (Wildman–Crippen LogP) is 1.11. The number of unbranched alkanes of at least 4 members (excludes halogenated alkanes) is 9. The molecule has 0 fully saturated rings. The third-order valence-corrected chi connectivity index (χ3v) is 5.11. The molecule has 1 rings (SSSR count). The molecule has 1 aromatic rings. The molecule has 0 spiro atoms. The van der Waals surface area contributed by atoms with E-state index in [4.69, 9.17) is 46.0 Å². The van der Waals surface area contributed by atoms with Crippen LogP contribution in [0.3, 0.4) is 0 Å². The second-order valence-corrected chi connectivity index (χ2v) is 7.82. The van der Waals surface area contributed by atoms with Crippen molar-refractivity contribution in [2.75, 3.05) is 24.6 Å². The smallest absolute Gasteiger partial charge is 0.278 e. The van der Waals surface area contributed by atoms with Gasteiger partial charge < -0.3 is 27.8 Å². The molecular weight excluding hydrogens is 420 g/mol. The van der Waals surface area contributed by atoms with Crippen LogP contribution in [-0.2, 0) is 0 Å². The molecule has 0 atom stereocenters. The first-order valence-corrected chi connectivity index (χ1v) is 11.1. The molecule has 0 aliphatic heterocycles. The van der Waals surface area contributed by atoms with Gasteiger partial charge in [-0.25, -0.2) is 9.97 Å². The number of nitrogens with two attached hydrogens (primary N) is 6. The van der Waals surface area contributed by atoms with E-state index in [1.807, 2.05) is 0 Å². The quantitative estimate of drug-likeness (QED) is 0.0961. The fourth-order valence-corrected chi connectivity index (χ4v) is 3.26. The Labute approximate surface area is 189 Å². The molecule has 12 heteroatoms. The summed E-state index contributed by atoms with van der Waals surface area (Å²) >= 11 is 5.85. The number of halogens is 1. The summed E-state index contributed by atoms with van der Waals surface area (Å²) in [5.41, 5.74) is 33.3. The van der Waals surface area contributed by atoms with Crippen LogP contribution in [0, 0.1) is 0 Å². The molecule has 0 unspecified atom stereocenters. The highest BCUT2D eigenvalue weighted by Gasteiger charge is 2.24. The molecule has 1 amide bonds. The highest BCUT2D eigenvalue weighted by Crippen LogP contribution is 2.19. The van der Waals surface area contributed by atoms with Gasteiger partial charge in [-0.1, -0.05) is 63.0 Å². The van der Waals surface area contributed by atoms with Gasteiger partial charge in [-0.05, 0) is 12.8 Å². The SMILES string of the molecule is NC(N)=NCCCCCCCCCCCCN(C(=O)c1nc(Cl)c(N)nc1N)C(N)N. The molecule has 176 valence electrons. The third kappa shape index (κ3) is 10.5. The Balaban J connectivity index is 2.22. The normalized spacial score (nSPS) is 11.0. The molecule has 1 heterocycles. The monoisotopic (exact) mass is 456 g/mol. The van der Waals surface area contributed by atoms with E-state index in [1.54, 1.807) is 0 Å². The first kappa shape index (κ1) is 26.7. The number of aromatic nitrogens is 2. The Hall–Kier alpha value is -2.37. The van der Waals surface area contributed by atoms with E-state index in [2.05, 4.69) is 15.0 Å². The molecular formula is C19H37ClN10O. The minimum atomic E-state index is -0.975. The zero-order valence-electron chi connectivity index (χ0n) is 18.1. The lowest BCUT2D eigenvalue weighted by atomic mass is 10.1. The van der Waals surface area contributed by atoms with Crippen molar-refractivity contribution in [3.05, 3.63) is 10.8 Å². The standard InChI is InChI=1S/C19H37ClN10O/c20-14-16(22)29-15(21)13(28-14)17(31)30(19(25)26)12-10-8-6-4-2-1-3-5-7-9-11-27-18(23)24/h19H,1-12,25-26H2,(H4,21,22,29)(H4,23,24,27). The second kappa shape index (κ2) is 14.6. The van der Waals surface area contributed by atoms with E-state index >= 15 is 0 Å². The summed E-state index contributed by atoms with van der Waals surface area (Å²) in [5.74, 6) is -0.492. The average molecular weight is 457 g/mol. The number of nitrogen functional groups attached to an aromatic ring is 2. The minimum absolute atomic E-state index is 0.0368. The maximum Gasteiger partial charge on any atom is 0.278 e. The molecule has 0 aliphatic rings. The number of carbonyl (C=O) groups is 1. The summed E-state index contributed by atoms with van der Waals surface area (Å²) in [6.45, 7) is 1.11. The highest BCUT2D eigenvalue weighted by molar-refractivity contribution is 6.31. The van der Waals surface area contributed by atoms with Crippen LogP contribution < -0.4 is 34.4 Å². The number of guanidine groups is 1. The molecule has 12 N–H and O–H groups in total. The summed E-state index contributed by atoms with van der Waals surface area (Å²) < 4.78 is 0. The van der Waals surface area contributed by atoms with Crippen LogP contribution in [0.1, 0.15) is 74.7 Å². The zero-order chi connectivity index (χ0) is 23.2. The van der Waals surface area contributed by atoms with Gasteiger partial charge in [0.1, 0.15) is 6.29 Å². The Kier molecular flexibility index (Phi) is 12.6. The number of carbonyl (C=O) groups excluding carboxylic acids is 1. The first-order valence-electron chi connectivity index (χ1n) is 10.7. The molecule has 0 bridgehead atoms. The number of rotatable bonds is 15. The van der Waals surface area contributed by atoms with Gasteiger partial charge in [-0.15, -0.1) is 0 Å². The Morgan fingerprint density at radius 3 is 1.90 bits per heavy atom. The Morgan fingerprint density at radius 2 is 1.39 bits per heavy atom. The van der Waals surface area contributed by atoms with Crippen molar-refractivity contribution in [2.24, 2.45) is 27.9 Å². The van der Waals surface area contributed by atoms with Crippen LogP contribution >= 0.6 is 11.6 Å². The maximum absolute atomic E-state index is 12.7. The van der Waals surface area contributed by atoms with Gasteiger partial charge >= 0.3 is 0 Å². The van der Waals surface area contributed by atoms with Gasteiger partial charge in [-0.2, -0.15) is 0 Å². The van der Waals surface area contributed by atoms with E-state index in [0.29, 0.717) is 13.1 Å². The van der Waals surface area contributed by atoms with Crippen LogP contribution in [-0.4, -0.2) is 46.1 Å². The number of amides is 1. The Morgan fingerprint density at radius 1 is 0.871 bits per heavy atom. The molecule has 31 heavy (non-hydrogen) atoms. The number of nitrogens with zero attached hydrogens (tertiary/aromatic N) is 4. The van der Waals surface area contributed by atoms with Crippen molar-refractivity contribution in [1.82, 2.24) is 14.9 Å². The third-order valence-electron chi connectivity index (χ3n) is 4.83. The van der Waals surface area contributed by atoms with Crippen molar-refractivity contribution in [1.29, 1.82) is 0 Å². The van der Waals surface area contributed by atoms with Crippen LogP contribution in [0.15, 0.2) is 4.99 Å². The van der Waals surface area contributed by atoms with Crippen molar-refractivity contribution in [3.8, 4) is 0 Å². The average Bonchev–Trinajstić information content (AvgIpc) is 2.70. The first-order chi connectivity index (χ1) is 14.7. The van der Waals surface area contributed by atoms with Gasteiger partial charge in [0.05, 0.1) is 0 Å². The fraction of sp³-hybridized carbons (Fsp3) is 0.684. The fourth-order valence-electron chi connectivity index (χ4n) is 3.14. The molecule has 0 aromatic carbocycles. The predicted molar refractivity (Wildman–Crippen MR) is 126 cm³/mol. The highest BCUT2D eigenvalue weighted by atomic mass is 35.5. The van der Waals surface area contributed by atoms with Crippen molar-refractivity contribution < 1.29 is 4.79 Å². The summed E-state index contributed by atoms with van der Waals surface area (Å²) in [6.07, 6.45) is 10.0. The van der Waals surface area contributed by atoms with E-state index in [0.717, 1.165) is 38.5 Å². The van der Waals surface area contributed by atoms with Gasteiger partial charge in [0, 0.05) is 13.1 Å². The lowest BCUT2D eigenvalue weighted by Gasteiger charge is -2.26. The van der Waals surface area contributed by atoms with E-state index < -0.39 is 12.2 Å². The van der Waals surface area contributed by atoms with E-state index in [-0.39, 0.29) is 28.4 Å². The molecule has 1 aromatic heterocycles. The van der Waals surface area contributed by atoms with Gasteiger partial charge in [-0.3, -0.25) is 21.3 Å². The molecule has 0 radical (unpaired) electrons. The zero-order valence-corrected chi connectivity index (χ0v) is 18.9. The minimum Gasteiger partial charge on any atom is -0.382 e. The lowest BCUT2D eigenvalue weighted by molar-refractivity contribution is 0.0678. The summed E-state index contributed by atoms with van der Waals surface area (Å²) in [7, 11) is 0.